The van der Waals surface area contributed by atoms with Gasteiger partial charge in [-0.3, -0.25) is 10.1 Å². The first-order valence-corrected chi connectivity index (χ1v) is 9.67. The normalized spacial score (nSPS) is 10.2. The van der Waals surface area contributed by atoms with E-state index >= 15 is 0 Å². The number of thiocarbonyl (C=S) groups is 1. The van der Waals surface area contributed by atoms with Gasteiger partial charge >= 0.3 is 0 Å². The zero-order chi connectivity index (χ0) is 17.9. The second-order valence-electron chi connectivity index (χ2n) is 4.64. The van der Waals surface area contributed by atoms with Gasteiger partial charge in [0.15, 0.2) is 5.11 Å². The summed E-state index contributed by atoms with van der Waals surface area (Å²) in [4.78, 5) is 16.8. The molecule has 0 aliphatic heterocycles. The third-order valence-corrected chi connectivity index (χ3v) is 5.34. The van der Waals surface area contributed by atoms with Crippen molar-refractivity contribution in [3.8, 4) is 5.75 Å². The number of nitrogens with one attached hydrogen (secondary N) is 2. The third kappa shape index (κ3) is 4.87. The molecule has 126 valence electrons. The molecule has 0 spiro atoms. The Morgan fingerprint density at radius 3 is 2.67 bits per heavy atom. The predicted octanol–water partition coefficient (Wildman–Crippen LogP) is 4.66. The maximum absolute atomic E-state index is 12.5. The van der Waals surface area contributed by atoms with Crippen LogP contribution in [0.2, 0.25) is 0 Å². The molecule has 2 N–H and O–H groups in total. The van der Waals surface area contributed by atoms with Crippen LogP contribution in [0.1, 0.15) is 16.1 Å². The number of methoxy groups -OCH3 is 1. The van der Waals surface area contributed by atoms with E-state index in [2.05, 4.69) is 70.1 Å². The van der Waals surface area contributed by atoms with Gasteiger partial charge in [0.25, 0.3) is 5.91 Å². The number of halogens is 3. The molecule has 1 amide bonds. The maximum atomic E-state index is 12.5. The molecule has 2 rings (SSSR count). The van der Waals surface area contributed by atoms with E-state index in [0.29, 0.717) is 21.6 Å². The van der Waals surface area contributed by atoms with Crippen LogP contribution in [0, 0.1) is 10.5 Å². The average Bonchev–Trinajstić information content (AvgIpc) is 2.50. The van der Waals surface area contributed by atoms with E-state index < -0.39 is 0 Å². The lowest BCUT2D eigenvalue weighted by Crippen LogP contribution is -2.34. The second-order valence-corrected chi connectivity index (χ2v) is 7.98. The van der Waals surface area contributed by atoms with Gasteiger partial charge in [0.05, 0.1) is 22.8 Å². The molecule has 0 atom stereocenters. The van der Waals surface area contributed by atoms with Gasteiger partial charge < -0.3 is 10.1 Å². The summed E-state index contributed by atoms with van der Waals surface area (Å²) in [6.07, 6.45) is 0. The highest BCUT2D eigenvalue weighted by Gasteiger charge is 2.17. The number of benzene rings is 1. The van der Waals surface area contributed by atoms with Gasteiger partial charge in [0.2, 0.25) is 0 Å². The summed E-state index contributed by atoms with van der Waals surface area (Å²) in [5, 5.41) is 5.68. The molecule has 1 aromatic heterocycles. The Morgan fingerprint density at radius 2 is 2.04 bits per heavy atom. The van der Waals surface area contributed by atoms with Crippen molar-refractivity contribution in [2.45, 2.75) is 6.92 Å². The quantitative estimate of drug-likeness (QED) is 0.406. The summed E-state index contributed by atoms with van der Waals surface area (Å²) in [5.74, 6) is 0.621. The van der Waals surface area contributed by atoms with Crippen LogP contribution in [0.3, 0.4) is 0 Å². The minimum absolute atomic E-state index is 0.159. The lowest BCUT2D eigenvalue weighted by molar-refractivity contribution is 0.0974. The number of ether oxygens (including phenoxy) is 1. The molecular formula is C15H12Br2IN3O2S. The van der Waals surface area contributed by atoms with Crippen LogP contribution < -0.4 is 15.4 Å². The number of amides is 1. The second kappa shape index (κ2) is 8.54. The van der Waals surface area contributed by atoms with E-state index in [4.69, 9.17) is 17.0 Å². The molecule has 0 fully saturated rings. The van der Waals surface area contributed by atoms with Gasteiger partial charge in [-0.15, -0.1) is 0 Å². The van der Waals surface area contributed by atoms with Crippen molar-refractivity contribution < 1.29 is 9.53 Å². The fraction of sp³-hybridized carbons (Fsp3) is 0.133. The molecule has 2 aromatic rings. The zero-order valence-corrected chi connectivity index (χ0v) is 18.8. The number of hydrogen-bond acceptors (Lipinski definition) is 4. The first-order valence-electron chi connectivity index (χ1n) is 6.60. The molecule has 24 heavy (non-hydrogen) atoms. The largest absolute Gasteiger partial charge is 0.495 e. The summed E-state index contributed by atoms with van der Waals surface area (Å²) < 4.78 is 7.74. The van der Waals surface area contributed by atoms with Crippen molar-refractivity contribution in [2.24, 2.45) is 0 Å². The Hall–Kier alpha value is -0.780. The molecule has 1 aromatic carbocycles. The van der Waals surface area contributed by atoms with Crippen molar-refractivity contribution in [3.05, 3.63) is 48.0 Å². The van der Waals surface area contributed by atoms with Crippen LogP contribution >= 0.6 is 66.7 Å². The molecular weight excluding hydrogens is 573 g/mol. The summed E-state index contributed by atoms with van der Waals surface area (Å²) in [7, 11) is 1.50. The molecule has 0 unspecified atom stereocenters. The molecule has 0 saturated heterocycles. The Bertz CT molecular complexity index is 818. The summed E-state index contributed by atoms with van der Waals surface area (Å²) >= 11 is 14.1. The average molecular weight is 585 g/mol. The highest BCUT2D eigenvalue weighted by molar-refractivity contribution is 14.1. The highest BCUT2D eigenvalue weighted by atomic mass is 127. The number of anilines is 1. The van der Waals surface area contributed by atoms with Gasteiger partial charge in [0, 0.05) is 8.04 Å². The molecule has 0 saturated carbocycles. The van der Waals surface area contributed by atoms with Gasteiger partial charge in [-0.05, 0) is 81.9 Å². The number of aryl methyl sites for hydroxylation is 1. The highest BCUT2D eigenvalue weighted by Crippen LogP contribution is 2.32. The van der Waals surface area contributed by atoms with E-state index in [0.717, 1.165) is 13.7 Å². The molecule has 9 heteroatoms. The van der Waals surface area contributed by atoms with Gasteiger partial charge in [0.1, 0.15) is 11.6 Å². The topological polar surface area (TPSA) is 63.2 Å². The van der Waals surface area contributed by atoms with E-state index in [1.807, 2.05) is 13.0 Å². The number of pyridine rings is 1. The van der Waals surface area contributed by atoms with Crippen LogP contribution in [-0.2, 0) is 0 Å². The number of carbonyl (C=O) groups excluding carboxylic acids is 1. The number of aromatic nitrogens is 1. The molecule has 5 nitrogen and oxygen atoms in total. The Morgan fingerprint density at radius 1 is 1.33 bits per heavy atom. The Kier molecular flexibility index (Phi) is 6.96. The third-order valence-electron chi connectivity index (χ3n) is 2.95. The van der Waals surface area contributed by atoms with E-state index in [9.17, 15) is 4.79 Å². The minimum atomic E-state index is -0.381. The smallest absolute Gasteiger partial charge is 0.261 e. The molecule has 0 aliphatic rings. The monoisotopic (exact) mass is 583 g/mol. The van der Waals surface area contributed by atoms with Crippen molar-refractivity contribution in [1.29, 1.82) is 0 Å². The molecule has 0 bridgehead atoms. The van der Waals surface area contributed by atoms with Crippen molar-refractivity contribution in [1.82, 2.24) is 10.3 Å². The lowest BCUT2D eigenvalue weighted by Gasteiger charge is -2.13. The number of carbonyl (C=O) groups is 1. The van der Waals surface area contributed by atoms with Gasteiger partial charge in [-0.25, -0.2) is 4.98 Å². The fourth-order valence-electron chi connectivity index (χ4n) is 1.87. The standard InChI is InChI=1S/C15H12Br2IN3O2S/c1-7-11(18)3-4-12(19-7)20-15(24)21-14(22)9-5-8(16)6-10(17)13(9)23-2/h3-6H,1-2H3,(H2,19,20,21,22,24). The van der Waals surface area contributed by atoms with E-state index in [1.54, 1.807) is 18.2 Å². The summed E-state index contributed by atoms with van der Waals surface area (Å²) in [6, 6.07) is 7.17. The molecule has 0 radical (unpaired) electrons. The number of rotatable bonds is 3. The predicted molar refractivity (Wildman–Crippen MR) is 114 cm³/mol. The SMILES string of the molecule is COc1c(Br)cc(Br)cc1C(=O)NC(=S)Nc1ccc(I)c(C)n1. The first-order chi connectivity index (χ1) is 11.3. The number of hydrogen-bond donors (Lipinski definition) is 2. The lowest BCUT2D eigenvalue weighted by atomic mass is 10.2. The molecule has 1 heterocycles. The zero-order valence-electron chi connectivity index (χ0n) is 12.6. The summed E-state index contributed by atoms with van der Waals surface area (Å²) in [6.45, 7) is 1.90. The van der Waals surface area contributed by atoms with E-state index in [1.165, 1.54) is 7.11 Å². The van der Waals surface area contributed by atoms with Crippen LogP contribution in [0.25, 0.3) is 0 Å². The fourth-order valence-corrected chi connectivity index (χ4v) is 3.75. The number of nitrogens with zero attached hydrogens (tertiary/aromatic N) is 1. The van der Waals surface area contributed by atoms with Crippen LogP contribution in [0.4, 0.5) is 5.82 Å². The Balaban J connectivity index is 2.14. The first kappa shape index (κ1) is 19.5. The maximum Gasteiger partial charge on any atom is 0.261 e. The van der Waals surface area contributed by atoms with Gasteiger partial charge in [-0.1, -0.05) is 15.9 Å². The van der Waals surface area contributed by atoms with Crippen molar-refractivity contribution >= 4 is 83.5 Å². The van der Waals surface area contributed by atoms with Crippen molar-refractivity contribution in [3.63, 3.8) is 0 Å². The molecule has 0 aliphatic carbocycles. The van der Waals surface area contributed by atoms with Crippen molar-refractivity contribution in [2.75, 3.05) is 12.4 Å². The van der Waals surface area contributed by atoms with Crippen LogP contribution in [0.15, 0.2) is 33.2 Å². The van der Waals surface area contributed by atoms with Crippen LogP contribution in [-0.4, -0.2) is 23.1 Å². The van der Waals surface area contributed by atoms with E-state index in [-0.39, 0.29) is 11.0 Å². The minimum Gasteiger partial charge on any atom is -0.495 e. The summed E-state index contributed by atoms with van der Waals surface area (Å²) in [5.41, 5.74) is 1.24. The van der Waals surface area contributed by atoms with Crippen LogP contribution in [0.5, 0.6) is 5.75 Å². The Labute approximate surface area is 175 Å². The van der Waals surface area contributed by atoms with Gasteiger partial charge in [-0.2, -0.15) is 0 Å².